The Labute approximate surface area is 267 Å². The first-order valence-corrected chi connectivity index (χ1v) is 15.5. The summed E-state index contributed by atoms with van der Waals surface area (Å²) in [5.41, 5.74) is 6.17. The van der Waals surface area contributed by atoms with Gasteiger partial charge in [-0.3, -0.25) is 15.1 Å². The third-order valence-electron chi connectivity index (χ3n) is 8.83. The van der Waals surface area contributed by atoms with E-state index in [0.717, 1.165) is 65.9 Å². The zero-order chi connectivity index (χ0) is 31.1. The molecule has 2 unspecified atom stereocenters. The monoisotopic (exact) mass is 630 g/mol. The molecule has 2 fully saturated rings. The van der Waals surface area contributed by atoms with Gasteiger partial charge in [0.1, 0.15) is 5.75 Å². The SMILES string of the molecule is COc1ccc([N+](=O)[O-])cc1-n1c(C)cc(C2C(c3ccccn3)NC(=S)N2c2ccc(N3CCC(C)CC3)c(Cl)c2)c1C. The van der Waals surface area contributed by atoms with Crippen molar-refractivity contribution in [2.24, 2.45) is 5.92 Å². The van der Waals surface area contributed by atoms with Crippen molar-refractivity contribution in [2.75, 3.05) is 30.0 Å². The summed E-state index contributed by atoms with van der Waals surface area (Å²) in [6.45, 7) is 8.28. The third kappa shape index (κ3) is 5.37. The molecule has 0 saturated carbocycles. The number of hydrogen-bond acceptors (Lipinski definition) is 6. The van der Waals surface area contributed by atoms with Gasteiger partial charge in [0.2, 0.25) is 0 Å². The fourth-order valence-electron chi connectivity index (χ4n) is 6.53. The number of benzene rings is 2. The molecule has 0 amide bonds. The Balaban J connectivity index is 1.47. The van der Waals surface area contributed by atoms with Gasteiger partial charge < -0.3 is 24.4 Å². The van der Waals surface area contributed by atoms with Gasteiger partial charge in [-0.25, -0.2) is 0 Å². The predicted molar refractivity (Wildman–Crippen MR) is 178 cm³/mol. The standard InChI is InChI=1S/C33H35ClN6O3S/c1-20-12-15-37(16-13-20)28-10-8-23(18-26(28)34)39-32(31(36-33(39)44)27-7-5-6-14-35-27)25-17-21(2)38(22(25)3)29-19-24(40(41)42)9-11-30(29)43-4/h5-11,14,17-20,31-32H,12-13,15-16H2,1-4H3,(H,36,44). The van der Waals surface area contributed by atoms with E-state index in [1.165, 1.54) is 6.07 Å². The number of non-ortho nitro benzene ring substituents is 1. The number of nitrogens with zero attached hydrogens (tertiary/aromatic N) is 5. The van der Waals surface area contributed by atoms with Crippen molar-refractivity contribution in [2.45, 2.75) is 45.7 Å². The molecule has 2 aromatic carbocycles. The van der Waals surface area contributed by atoms with Crippen molar-refractivity contribution in [3.63, 3.8) is 0 Å². The van der Waals surface area contributed by atoms with Crippen molar-refractivity contribution in [1.29, 1.82) is 0 Å². The maximum absolute atomic E-state index is 11.7. The minimum Gasteiger partial charge on any atom is -0.495 e. The average Bonchev–Trinajstić information content (AvgIpc) is 3.52. The lowest BCUT2D eigenvalue weighted by Gasteiger charge is -2.33. The van der Waals surface area contributed by atoms with Crippen LogP contribution in [0.4, 0.5) is 17.1 Å². The summed E-state index contributed by atoms with van der Waals surface area (Å²) in [5.74, 6) is 1.26. The summed E-state index contributed by atoms with van der Waals surface area (Å²) < 4.78 is 7.65. The highest BCUT2D eigenvalue weighted by Gasteiger charge is 2.42. The van der Waals surface area contributed by atoms with Crippen molar-refractivity contribution in [3.05, 3.63) is 105 Å². The Morgan fingerprint density at radius 3 is 2.50 bits per heavy atom. The molecule has 2 aliphatic heterocycles. The summed E-state index contributed by atoms with van der Waals surface area (Å²) in [4.78, 5) is 20.4. The van der Waals surface area contributed by atoms with Gasteiger partial charge in [-0.15, -0.1) is 0 Å². The number of aryl methyl sites for hydroxylation is 1. The van der Waals surface area contributed by atoms with Gasteiger partial charge in [-0.1, -0.05) is 24.6 Å². The van der Waals surface area contributed by atoms with E-state index in [0.29, 0.717) is 21.6 Å². The van der Waals surface area contributed by atoms with E-state index in [4.69, 9.17) is 33.5 Å². The van der Waals surface area contributed by atoms with Gasteiger partial charge in [0.15, 0.2) is 5.11 Å². The van der Waals surface area contributed by atoms with Crippen LogP contribution in [0.5, 0.6) is 5.75 Å². The fourth-order valence-corrected chi connectivity index (χ4v) is 7.17. The van der Waals surface area contributed by atoms with Crippen molar-refractivity contribution >= 4 is 46.0 Å². The number of nitrogens with one attached hydrogen (secondary N) is 1. The van der Waals surface area contributed by atoms with Crippen molar-refractivity contribution < 1.29 is 9.66 Å². The van der Waals surface area contributed by atoms with Crippen LogP contribution in [0.25, 0.3) is 5.69 Å². The molecule has 2 aliphatic rings. The molecule has 2 saturated heterocycles. The minimum absolute atomic E-state index is 0.00977. The number of nitro groups is 1. The van der Waals surface area contributed by atoms with Crippen LogP contribution < -0.4 is 19.9 Å². The smallest absolute Gasteiger partial charge is 0.271 e. The van der Waals surface area contributed by atoms with Gasteiger partial charge >= 0.3 is 0 Å². The Bertz CT molecular complexity index is 1720. The lowest BCUT2D eigenvalue weighted by Crippen LogP contribution is -2.33. The highest BCUT2D eigenvalue weighted by Crippen LogP contribution is 2.46. The lowest BCUT2D eigenvalue weighted by molar-refractivity contribution is -0.384. The first kappa shape index (κ1) is 29.9. The Hall–Kier alpha value is -4.15. The number of aromatic nitrogens is 2. The average molecular weight is 631 g/mol. The topological polar surface area (TPSA) is 88.7 Å². The third-order valence-corrected chi connectivity index (χ3v) is 9.45. The fraction of sp³-hybridized carbons (Fsp3) is 0.333. The number of ether oxygens (including phenoxy) is 1. The van der Waals surface area contributed by atoms with E-state index < -0.39 is 4.92 Å². The zero-order valence-corrected chi connectivity index (χ0v) is 26.7. The summed E-state index contributed by atoms with van der Waals surface area (Å²) in [7, 11) is 1.57. The molecule has 0 spiro atoms. The number of piperidine rings is 1. The number of rotatable bonds is 7. The largest absolute Gasteiger partial charge is 0.495 e. The number of methoxy groups -OCH3 is 1. The second-order valence-corrected chi connectivity index (χ2v) is 12.4. The first-order chi connectivity index (χ1) is 21.2. The number of hydrogen-bond donors (Lipinski definition) is 1. The van der Waals surface area contributed by atoms with Gasteiger partial charge in [0.25, 0.3) is 5.69 Å². The van der Waals surface area contributed by atoms with Crippen LogP contribution in [0, 0.1) is 29.9 Å². The van der Waals surface area contributed by atoms with E-state index >= 15 is 0 Å². The Morgan fingerprint density at radius 2 is 1.84 bits per heavy atom. The molecule has 1 N–H and O–H groups in total. The van der Waals surface area contributed by atoms with Crippen LogP contribution in [0.2, 0.25) is 5.02 Å². The molecular weight excluding hydrogens is 596 g/mol. The maximum atomic E-state index is 11.7. The number of nitro benzene ring substituents is 1. The van der Waals surface area contributed by atoms with E-state index in [-0.39, 0.29) is 17.8 Å². The van der Waals surface area contributed by atoms with Gasteiger partial charge in [0.05, 0.1) is 46.2 Å². The number of pyridine rings is 1. The highest BCUT2D eigenvalue weighted by molar-refractivity contribution is 7.80. The Morgan fingerprint density at radius 1 is 1.07 bits per heavy atom. The summed E-state index contributed by atoms with van der Waals surface area (Å²) in [5, 5.41) is 16.5. The van der Waals surface area contributed by atoms with E-state index in [1.54, 1.807) is 25.4 Å². The van der Waals surface area contributed by atoms with Crippen LogP contribution in [-0.2, 0) is 0 Å². The molecular formula is C33H35ClN6O3S. The summed E-state index contributed by atoms with van der Waals surface area (Å²) in [6, 6.07) is 18.2. The van der Waals surface area contributed by atoms with E-state index in [1.807, 2.05) is 42.7 Å². The highest BCUT2D eigenvalue weighted by atomic mass is 35.5. The molecule has 44 heavy (non-hydrogen) atoms. The van der Waals surface area contributed by atoms with Gasteiger partial charge in [0, 0.05) is 48.5 Å². The number of halogens is 1. The lowest BCUT2D eigenvalue weighted by atomic mass is 9.96. The van der Waals surface area contributed by atoms with Crippen molar-refractivity contribution in [1.82, 2.24) is 14.9 Å². The molecule has 2 aromatic heterocycles. The molecule has 0 aliphatic carbocycles. The van der Waals surface area contributed by atoms with Crippen LogP contribution >= 0.6 is 23.8 Å². The molecule has 4 aromatic rings. The number of thiocarbonyl (C=S) groups is 1. The molecule has 4 heterocycles. The summed E-state index contributed by atoms with van der Waals surface area (Å²) in [6.07, 6.45) is 4.08. The summed E-state index contributed by atoms with van der Waals surface area (Å²) >= 11 is 13.0. The van der Waals surface area contributed by atoms with Crippen LogP contribution in [0.1, 0.15) is 54.5 Å². The molecule has 6 rings (SSSR count). The van der Waals surface area contributed by atoms with Gasteiger partial charge in [-0.05, 0) is 92.9 Å². The van der Waals surface area contributed by atoms with Crippen LogP contribution in [-0.4, -0.2) is 39.8 Å². The van der Waals surface area contributed by atoms with E-state index in [9.17, 15) is 10.1 Å². The molecule has 9 nitrogen and oxygen atoms in total. The van der Waals surface area contributed by atoms with E-state index in [2.05, 4.69) is 40.2 Å². The Kier molecular flexibility index (Phi) is 8.22. The zero-order valence-electron chi connectivity index (χ0n) is 25.2. The van der Waals surface area contributed by atoms with Crippen LogP contribution in [0.15, 0.2) is 66.9 Å². The maximum Gasteiger partial charge on any atom is 0.271 e. The predicted octanol–water partition coefficient (Wildman–Crippen LogP) is 7.47. The molecule has 11 heteroatoms. The first-order valence-electron chi connectivity index (χ1n) is 14.7. The minimum atomic E-state index is -0.395. The second kappa shape index (κ2) is 12.1. The molecule has 228 valence electrons. The van der Waals surface area contributed by atoms with Gasteiger partial charge in [-0.2, -0.15) is 0 Å². The van der Waals surface area contributed by atoms with Crippen LogP contribution in [0.3, 0.4) is 0 Å². The number of anilines is 2. The second-order valence-electron chi connectivity index (χ2n) is 11.6. The van der Waals surface area contributed by atoms with Crippen molar-refractivity contribution in [3.8, 4) is 11.4 Å². The normalized spacial score (nSPS) is 18.9. The molecule has 0 bridgehead atoms. The molecule has 2 atom stereocenters. The quantitative estimate of drug-likeness (QED) is 0.128. The molecule has 0 radical (unpaired) electrons.